The average Bonchev–Trinajstić information content (AvgIpc) is 2.25. The van der Waals surface area contributed by atoms with Crippen molar-refractivity contribution in [3.63, 3.8) is 0 Å². The molecule has 0 aromatic heterocycles. The van der Waals surface area contributed by atoms with Crippen LogP contribution in [-0.2, 0) is 9.84 Å². The number of carbonyl (C=O) groups is 1. The Hall–Kier alpha value is -1.70. The van der Waals surface area contributed by atoms with Gasteiger partial charge in [-0.25, -0.2) is 22.0 Å². The maximum Gasteiger partial charge on any atom is 0.335 e. The van der Waals surface area contributed by atoms with Crippen molar-refractivity contribution in [2.45, 2.75) is 6.42 Å². The Morgan fingerprint density at radius 2 is 1.84 bits per heavy atom. The molecular weight excluding hydrogens is 282 g/mol. The van der Waals surface area contributed by atoms with Gasteiger partial charge in [0.2, 0.25) is 0 Å². The minimum atomic E-state index is -3.16. The smallest absolute Gasteiger partial charge is 0.335 e. The summed E-state index contributed by atoms with van der Waals surface area (Å²) < 4.78 is 53.2. The van der Waals surface area contributed by atoms with Crippen LogP contribution in [0.5, 0.6) is 5.75 Å². The molecule has 0 bridgehead atoms. The molecule has 0 fully saturated rings. The van der Waals surface area contributed by atoms with E-state index in [0.717, 1.165) is 6.26 Å². The first-order valence-corrected chi connectivity index (χ1v) is 7.29. The summed E-state index contributed by atoms with van der Waals surface area (Å²) >= 11 is 0. The minimum Gasteiger partial charge on any atom is -0.488 e. The summed E-state index contributed by atoms with van der Waals surface area (Å²) in [6.45, 7) is -0.187. The van der Waals surface area contributed by atoms with Gasteiger partial charge in [0.25, 0.3) is 0 Å². The fraction of sp³-hybridized carbons (Fsp3) is 0.364. The second kappa shape index (κ2) is 5.96. The van der Waals surface area contributed by atoms with E-state index in [4.69, 9.17) is 9.84 Å². The van der Waals surface area contributed by atoms with Crippen LogP contribution in [0.4, 0.5) is 8.78 Å². The molecular formula is C11H12F2O5S. The normalized spacial score (nSPS) is 11.3. The van der Waals surface area contributed by atoms with Gasteiger partial charge in [-0.3, -0.25) is 0 Å². The number of rotatable bonds is 6. The van der Waals surface area contributed by atoms with Crippen molar-refractivity contribution < 1.29 is 31.8 Å². The SMILES string of the molecule is CS(=O)(=O)CCCOc1c(F)cc(C(=O)O)cc1F. The quantitative estimate of drug-likeness (QED) is 0.804. The molecule has 106 valence electrons. The van der Waals surface area contributed by atoms with Crippen LogP contribution in [0.15, 0.2) is 12.1 Å². The molecule has 0 aliphatic heterocycles. The lowest BCUT2D eigenvalue weighted by Gasteiger charge is -2.08. The first kappa shape index (κ1) is 15.4. The molecule has 0 atom stereocenters. The third kappa shape index (κ3) is 4.82. The van der Waals surface area contributed by atoms with Gasteiger partial charge in [0.15, 0.2) is 17.4 Å². The molecule has 1 aromatic rings. The van der Waals surface area contributed by atoms with Gasteiger partial charge in [-0.2, -0.15) is 0 Å². The molecule has 0 spiro atoms. The zero-order chi connectivity index (χ0) is 14.6. The van der Waals surface area contributed by atoms with Gasteiger partial charge in [-0.1, -0.05) is 0 Å². The molecule has 0 aliphatic carbocycles. The van der Waals surface area contributed by atoms with Crippen LogP contribution in [-0.4, -0.2) is 38.1 Å². The van der Waals surface area contributed by atoms with Crippen LogP contribution >= 0.6 is 0 Å². The van der Waals surface area contributed by atoms with Crippen molar-refractivity contribution in [3.8, 4) is 5.75 Å². The van der Waals surface area contributed by atoms with E-state index in [0.29, 0.717) is 12.1 Å². The highest BCUT2D eigenvalue weighted by Crippen LogP contribution is 2.23. The fourth-order valence-corrected chi connectivity index (χ4v) is 1.96. The lowest BCUT2D eigenvalue weighted by molar-refractivity contribution is 0.0695. The summed E-state index contributed by atoms with van der Waals surface area (Å²) in [6, 6.07) is 1.27. The van der Waals surface area contributed by atoms with Crippen LogP contribution in [0, 0.1) is 11.6 Å². The van der Waals surface area contributed by atoms with E-state index in [1.165, 1.54) is 0 Å². The van der Waals surface area contributed by atoms with E-state index in [-0.39, 0.29) is 18.8 Å². The topological polar surface area (TPSA) is 80.7 Å². The number of aromatic carboxylic acids is 1. The maximum atomic E-state index is 13.4. The van der Waals surface area contributed by atoms with Gasteiger partial charge in [0.1, 0.15) is 9.84 Å². The number of ether oxygens (including phenoxy) is 1. The van der Waals surface area contributed by atoms with Gasteiger partial charge in [0.05, 0.1) is 17.9 Å². The number of benzene rings is 1. The van der Waals surface area contributed by atoms with Crippen LogP contribution < -0.4 is 4.74 Å². The van der Waals surface area contributed by atoms with Crippen LogP contribution in [0.1, 0.15) is 16.8 Å². The number of hydrogen-bond acceptors (Lipinski definition) is 4. The molecule has 0 saturated heterocycles. The van der Waals surface area contributed by atoms with Crippen molar-refractivity contribution in [1.82, 2.24) is 0 Å². The zero-order valence-electron chi connectivity index (χ0n) is 10.0. The predicted octanol–water partition coefficient (Wildman–Crippen LogP) is 1.48. The Morgan fingerprint density at radius 3 is 2.26 bits per heavy atom. The van der Waals surface area contributed by atoms with E-state index in [2.05, 4.69) is 0 Å². The molecule has 5 nitrogen and oxygen atoms in total. The molecule has 1 N–H and O–H groups in total. The lowest BCUT2D eigenvalue weighted by Crippen LogP contribution is -2.10. The highest BCUT2D eigenvalue weighted by Gasteiger charge is 2.16. The molecule has 0 radical (unpaired) electrons. The second-order valence-electron chi connectivity index (χ2n) is 3.91. The van der Waals surface area contributed by atoms with Crippen molar-refractivity contribution in [1.29, 1.82) is 0 Å². The molecule has 8 heteroatoms. The number of halogens is 2. The van der Waals surface area contributed by atoms with E-state index < -0.39 is 38.8 Å². The zero-order valence-corrected chi connectivity index (χ0v) is 10.8. The standard InChI is InChI=1S/C11H12F2O5S/c1-19(16,17)4-2-3-18-10-8(12)5-7(11(14)15)6-9(10)13/h5-6H,2-4H2,1H3,(H,14,15). The van der Waals surface area contributed by atoms with E-state index in [1.807, 2.05) is 0 Å². The lowest BCUT2D eigenvalue weighted by atomic mass is 10.2. The van der Waals surface area contributed by atoms with E-state index in [9.17, 15) is 22.0 Å². The van der Waals surface area contributed by atoms with Gasteiger partial charge in [-0.05, 0) is 18.6 Å². The summed E-state index contributed by atoms with van der Waals surface area (Å²) in [5.41, 5.74) is -0.529. The Morgan fingerprint density at radius 1 is 1.32 bits per heavy atom. The second-order valence-corrected chi connectivity index (χ2v) is 6.17. The highest BCUT2D eigenvalue weighted by molar-refractivity contribution is 7.90. The molecule has 0 aliphatic rings. The van der Waals surface area contributed by atoms with Gasteiger partial charge >= 0.3 is 5.97 Å². The first-order valence-electron chi connectivity index (χ1n) is 5.23. The molecule has 0 saturated carbocycles. The van der Waals surface area contributed by atoms with Crippen molar-refractivity contribution >= 4 is 15.8 Å². The van der Waals surface area contributed by atoms with E-state index in [1.54, 1.807) is 0 Å². The summed E-state index contributed by atoms with van der Waals surface area (Å²) in [6.07, 6.45) is 1.12. The number of sulfone groups is 1. The minimum absolute atomic E-state index is 0.0817. The fourth-order valence-electron chi connectivity index (χ4n) is 1.32. The van der Waals surface area contributed by atoms with Crippen molar-refractivity contribution in [2.75, 3.05) is 18.6 Å². The van der Waals surface area contributed by atoms with Gasteiger partial charge in [0, 0.05) is 6.26 Å². The molecule has 1 aromatic carbocycles. The first-order chi connectivity index (χ1) is 8.70. The average molecular weight is 294 g/mol. The summed E-state index contributed by atoms with van der Waals surface area (Å²) in [5.74, 6) is -4.61. The largest absolute Gasteiger partial charge is 0.488 e. The predicted molar refractivity (Wildman–Crippen MR) is 63.1 cm³/mol. The Bertz CT molecular complexity index is 560. The molecule has 0 amide bonds. The third-order valence-electron chi connectivity index (χ3n) is 2.15. The van der Waals surface area contributed by atoms with E-state index >= 15 is 0 Å². The van der Waals surface area contributed by atoms with Gasteiger partial charge in [-0.15, -0.1) is 0 Å². The van der Waals surface area contributed by atoms with Crippen molar-refractivity contribution in [3.05, 3.63) is 29.3 Å². The third-order valence-corrected chi connectivity index (χ3v) is 3.18. The molecule has 0 unspecified atom stereocenters. The number of carboxylic acid groups (broad SMARTS) is 1. The highest BCUT2D eigenvalue weighted by atomic mass is 32.2. The summed E-state index contributed by atoms with van der Waals surface area (Å²) in [7, 11) is -3.16. The molecule has 19 heavy (non-hydrogen) atoms. The molecule has 0 heterocycles. The van der Waals surface area contributed by atoms with Crippen LogP contribution in [0.2, 0.25) is 0 Å². The molecule has 1 rings (SSSR count). The van der Waals surface area contributed by atoms with Crippen LogP contribution in [0.3, 0.4) is 0 Å². The Balaban J connectivity index is 2.72. The Labute approximate surface area is 108 Å². The van der Waals surface area contributed by atoms with Gasteiger partial charge < -0.3 is 9.84 Å². The Kier molecular flexibility index (Phi) is 4.82. The number of carboxylic acids is 1. The maximum absolute atomic E-state index is 13.4. The van der Waals surface area contributed by atoms with Crippen LogP contribution in [0.25, 0.3) is 0 Å². The number of hydrogen-bond donors (Lipinski definition) is 1. The summed E-state index contributed by atoms with van der Waals surface area (Å²) in [4.78, 5) is 10.5. The van der Waals surface area contributed by atoms with Crippen molar-refractivity contribution in [2.24, 2.45) is 0 Å². The monoisotopic (exact) mass is 294 g/mol. The summed E-state index contributed by atoms with van der Waals surface area (Å²) in [5, 5.41) is 8.59.